The van der Waals surface area contributed by atoms with Gasteiger partial charge in [0, 0.05) is 35.7 Å². The smallest absolute Gasteiger partial charge is 0.241 e. The molecule has 1 heterocycles. The van der Waals surface area contributed by atoms with Gasteiger partial charge in [-0.15, -0.1) is 0 Å². The van der Waals surface area contributed by atoms with E-state index >= 15 is 0 Å². The number of nitrogens with two attached hydrogens (primary N) is 1. The van der Waals surface area contributed by atoms with Crippen molar-refractivity contribution in [3.63, 3.8) is 0 Å². The molecule has 0 aliphatic carbocycles. The van der Waals surface area contributed by atoms with Crippen molar-refractivity contribution < 1.29 is 4.79 Å². The SMILES string of the molecule is C=C(Br)c1c(NN)ncnc1NCCNC(C(=O)NCCN(C)C)c1ccc(Cl)cc1. The van der Waals surface area contributed by atoms with Crippen LogP contribution in [0.2, 0.25) is 5.02 Å². The average Bonchev–Trinajstić information content (AvgIpc) is 2.73. The third-order valence-electron chi connectivity index (χ3n) is 4.34. The van der Waals surface area contributed by atoms with Gasteiger partial charge in [0.25, 0.3) is 0 Å². The number of carbonyl (C=O) groups is 1. The van der Waals surface area contributed by atoms with Crippen molar-refractivity contribution in [3.05, 3.63) is 53.3 Å². The van der Waals surface area contributed by atoms with Crippen LogP contribution in [0.25, 0.3) is 4.48 Å². The van der Waals surface area contributed by atoms with Crippen LogP contribution in [0.4, 0.5) is 11.6 Å². The summed E-state index contributed by atoms with van der Waals surface area (Å²) in [5.74, 6) is 6.44. The van der Waals surface area contributed by atoms with Crippen LogP contribution in [0.15, 0.2) is 37.2 Å². The summed E-state index contributed by atoms with van der Waals surface area (Å²) in [4.78, 5) is 23.1. The lowest BCUT2D eigenvalue weighted by Gasteiger charge is -2.20. The summed E-state index contributed by atoms with van der Waals surface area (Å²) in [5.41, 5.74) is 4.00. The topological polar surface area (TPSA) is 120 Å². The first kappa shape index (κ1) is 25.0. The molecule has 2 rings (SSSR count). The molecule has 0 spiro atoms. The van der Waals surface area contributed by atoms with Gasteiger partial charge in [-0.2, -0.15) is 0 Å². The van der Waals surface area contributed by atoms with E-state index in [1.54, 1.807) is 12.1 Å². The van der Waals surface area contributed by atoms with Gasteiger partial charge in [-0.1, -0.05) is 46.2 Å². The lowest BCUT2D eigenvalue weighted by molar-refractivity contribution is -0.123. The number of carbonyl (C=O) groups excluding carboxylic acids is 1. The average molecular weight is 512 g/mol. The molecule has 1 amide bonds. The number of nitrogens with zero attached hydrogens (tertiary/aromatic N) is 3. The minimum Gasteiger partial charge on any atom is -0.368 e. The summed E-state index contributed by atoms with van der Waals surface area (Å²) in [6.45, 7) is 6.19. The molecule has 6 N–H and O–H groups in total. The van der Waals surface area contributed by atoms with Gasteiger partial charge >= 0.3 is 0 Å². The van der Waals surface area contributed by atoms with E-state index in [0.717, 1.165) is 12.1 Å². The van der Waals surface area contributed by atoms with E-state index in [2.05, 4.69) is 53.9 Å². The molecule has 0 aliphatic heterocycles. The molecule has 2 aromatic rings. The van der Waals surface area contributed by atoms with E-state index in [9.17, 15) is 4.79 Å². The zero-order valence-electron chi connectivity index (χ0n) is 17.6. The van der Waals surface area contributed by atoms with Gasteiger partial charge in [0.1, 0.15) is 18.2 Å². The molecule has 11 heteroatoms. The molecule has 168 valence electrons. The Morgan fingerprint density at radius 2 is 1.87 bits per heavy atom. The molecular formula is C20H28BrClN8O. The van der Waals surface area contributed by atoms with Crippen molar-refractivity contribution in [1.82, 2.24) is 25.5 Å². The van der Waals surface area contributed by atoms with Crippen LogP contribution in [0.3, 0.4) is 0 Å². The van der Waals surface area contributed by atoms with Crippen LogP contribution in [0, 0.1) is 0 Å². The van der Waals surface area contributed by atoms with Crippen molar-refractivity contribution in [2.24, 2.45) is 5.84 Å². The lowest BCUT2D eigenvalue weighted by atomic mass is 10.1. The van der Waals surface area contributed by atoms with Gasteiger partial charge in [0.2, 0.25) is 5.91 Å². The normalized spacial score (nSPS) is 11.8. The second kappa shape index (κ2) is 12.6. The number of likely N-dealkylation sites (N-methyl/N-ethyl adjacent to an activating group) is 1. The van der Waals surface area contributed by atoms with E-state index in [-0.39, 0.29) is 5.91 Å². The van der Waals surface area contributed by atoms with Gasteiger partial charge in [-0.05, 0) is 31.8 Å². The molecule has 0 saturated heterocycles. The van der Waals surface area contributed by atoms with Crippen LogP contribution in [0.1, 0.15) is 17.2 Å². The van der Waals surface area contributed by atoms with E-state index in [1.165, 1.54) is 6.33 Å². The molecule has 31 heavy (non-hydrogen) atoms. The quantitative estimate of drug-likeness (QED) is 0.167. The molecule has 1 aromatic heterocycles. The van der Waals surface area contributed by atoms with Crippen molar-refractivity contribution in [2.75, 3.05) is 51.0 Å². The Bertz CT molecular complexity index is 878. The fourth-order valence-corrected chi connectivity index (χ4v) is 3.31. The molecular weight excluding hydrogens is 484 g/mol. The van der Waals surface area contributed by atoms with E-state index in [4.69, 9.17) is 17.4 Å². The minimum absolute atomic E-state index is 0.102. The number of hydrogen-bond donors (Lipinski definition) is 5. The number of rotatable bonds is 12. The van der Waals surface area contributed by atoms with Gasteiger partial charge in [0.15, 0.2) is 5.82 Å². The van der Waals surface area contributed by atoms with E-state index in [0.29, 0.717) is 46.3 Å². The van der Waals surface area contributed by atoms with Gasteiger partial charge in [0.05, 0.1) is 5.56 Å². The third kappa shape index (κ3) is 7.75. The largest absolute Gasteiger partial charge is 0.368 e. The van der Waals surface area contributed by atoms with E-state index in [1.807, 2.05) is 31.1 Å². The molecule has 1 unspecified atom stereocenters. The van der Waals surface area contributed by atoms with Crippen LogP contribution in [0.5, 0.6) is 0 Å². The number of hydrazine groups is 1. The number of hydrogen-bond acceptors (Lipinski definition) is 8. The number of amides is 1. The third-order valence-corrected chi connectivity index (χ3v) is 4.99. The summed E-state index contributed by atoms with van der Waals surface area (Å²) in [6.07, 6.45) is 1.40. The number of benzene rings is 1. The predicted octanol–water partition coefficient (Wildman–Crippen LogP) is 2.20. The van der Waals surface area contributed by atoms with Gasteiger partial charge < -0.3 is 26.3 Å². The maximum atomic E-state index is 12.8. The predicted molar refractivity (Wildman–Crippen MR) is 130 cm³/mol. The number of anilines is 2. The number of nitrogen functional groups attached to an aromatic ring is 1. The summed E-state index contributed by atoms with van der Waals surface area (Å²) in [7, 11) is 3.92. The molecule has 0 fully saturated rings. The standard InChI is InChI=1S/C20H28BrClN8O/c1-13(21)16-18(27-12-28-19(16)29-23)25-9-8-24-17(14-4-6-15(22)7-5-14)20(31)26-10-11-30(2)3/h4-7,12,17,24H,1,8-11,23H2,2-3H3,(H,26,31)(H2,25,27,28,29). The summed E-state index contributed by atoms with van der Waals surface area (Å²) in [5, 5.41) is 10.1. The Balaban J connectivity index is 2.03. The van der Waals surface area contributed by atoms with Crippen molar-refractivity contribution in [1.29, 1.82) is 0 Å². The second-order valence-electron chi connectivity index (χ2n) is 6.95. The molecule has 9 nitrogen and oxygen atoms in total. The van der Waals surface area contributed by atoms with Gasteiger partial charge in [-0.3, -0.25) is 4.79 Å². The monoisotopic (exact) mass is 510 g/mol. The molecule has 0 radical (unpaired) electrons. The molecule has 0 aliphatic rings. The molecule has 0 saturated carbocycles. The first-order chi connectivity index (χ1) is 14.8. The van der Waals surface area contributed by atoms with Crippen LogP contribution < -0.4 is 27.2 Å². The highest BCUT2D eigenvalue weighted by Crippen LogP contribution is 2.30. The Hall–Kier alpha value is -2.24. The van der Waals surface area contributed by atoms with Crippen LogP contribution in [-0.2, 0) is 4.79 Å². The Morgan fingerprint density at radius 1 is 1.19 bits per heavy atom. The molecule has 1 aromatic carbocycles. The fraction of sp³-hybridized carbons (Fsp3) is 0.350. The highest BCUT2D eigenvalue weighted by Gasteiger charge is 2.20. The van der Waals surface area contributed by atoms with E-state index < -0.39 is 6.04 Å². The lowest BCUT2D eigenvalue weighted by Crippen LogP contribution is -2.41. The summed E-state index contributed by atoms with van der Waals surface area (Å²) >= 11 is 9.35. The highest BCUT2D eigenvalue weighted by molar-refractivity contribution is 9.15. The van der Waals surface area contributed by atoms with Crippen LogP contribution >= 0.6 is 27.5 Å². The Labute approximate surface area is 195 Å². The Kier molecular flexibility index (Phi) is 10.2. The first-order valence-electron chi connectivity index (χ1n) is 9.65. The first-order valence-corrected chi connectivity index (χ1v) is 10.8. The number of aromatic nitrogens is 2. The zero-order chi connectivity index (χ0) is 22.8. The summed E-state index contributed by atoms with van der Waals surface area (Å²) in [6, 6.07) is 6.71. The van der Waals surface area contributed by atoms with Crippen molar-refractivity contribution >= 4 is 49.6 Å². The Morgan fingerprint density at radius 3 is 2.48 bits per heavy atom. The fourth-order valence-electron chi connectivity index (χ4n) is 2.81. The number of nitrogens with one attached hydrogen (secondary N) is 4. The van der Waals surface area contributed by atoms with Gasteiger partial charge in [-0.25, -0.2) is 15.8 Å². The second-order valence-corrected chi connectivity index (χ2v) is 8.35. The molecule has 1 atom stereocenters. The molecule has 0 bridgehead atoms. The maximum absolute atomic E-state index is 12.8. The zero-order valence-corrected chi connectivity index (χ0v) is 19.9. The van der Waals surface area contributed by atoms with Crippen molar-refractivity contribution in [2.45, 2.75) is 6.04 Å². The number of halogens is 2. The minimum atomic E-state index is -0.515. The summed E-state index contributed by atoms with van der Waals surface area (Å²) < 4.78 is 0.593. The maximum Gasteiger partial charge on any atom is 0.241 e. The highest BCUT2D eigenvalue weighted by atomic mass is 79.9. The van der Waals surface area contributed by atoms with Crippen LogP contribution in [-0.4, -0.2) is 61.0 Å². The van der Waals surface area contributed by atoms with Crippen molar-refractivity contribution in [3.8, 4) is 0 Å².